The minimum Gasteiger partial charge on any atom is -0.399 e. The van der Waals surface area contributed by atoms with Gasteiger partial charge in [-0.15, -0.1) is 0 Å². The number of halogens is 3. The molecule has 0 aliphatic carbocycles. The maximum absolute atomic E-state index is 11.8. The number of hydrogen-bond donors (Lipinski definition) is 2. The molecule has 0 saturated carbocycles. The quantitative estimate of drug-likeness (QED) is 0.587. The summed E-state index contributed by atoms with van der Waals surface area (Å²) in [4.78, 5) is 0. The largest absolute Gasteiger partial charge is 0.411 e. The van der Waals surface area contributed by atoms with Crippen LogP contribution in [-0.2, 0) is 20.5 Å². The Morgan fingerprint density at radius 2 is 1.80 bits per heavy atom. The zero-order valence-corrected chi connectivity index (χ0v) is 11.3. The van der Waals surface area contributed by atoms with Gasteiger partial charge in [-0.1, -0.05) is 12.1 Å². The molecule has 1 rings (SSSR count). The van der Waals surface area contributed by atoms with Crippen molar-refractivity contribution in [2.75, 3.05) is 25.5 Å². The van der Waals surface area contributed by atoms with Crippen molar-refractivity contribution in [2.45, 2.75) is 11.9 Å². The van der Waals surface area contributed by atoms with E-state index in [0.717, 1.165) is 0 Å². The number of nitrogens with two attached hydrogens (primary N) is 1. The predicted molar refractivity (Wildman–Crippen MR) is 68.4 cm³/mol. The van der Waals surface area contributed by atoms with E-state index in [0.29, 0.717) is 11.3 Å². The van der Waals surface area contributed by atoms with Crippen molar-refractivity contribution in [1.82, 2.24) is 4.72 Å². The van der Waals surface area contributed by atoms with Gasteiger partial charge in [0.2, 0.25) is 10.0 Å². The number of hydrogen-bond acceptors (Lipinski definition) is 4. The number of anilines is 1. The molecule has 9 heteroatoms. The number of benzene rings is 1. The van der Waals surface area contributed by atoms with Gasteiger partial charge in [0.25, 0.3) is 0 Å². The molecule has 1 aromatic rings. The minimum atomic E-state index is -4.41. The van der Waals surface area contributed by atoms with Crippen molar-refractivity contribution < 1.29 is 26.3 Å². The van der Waals surface area contributed by atoms with Gasteiger partial charge in [0.1, 0.15) is 6.61 Å². The summed E-state index contributed by atoms with van der Waals surface area (Å²) < 4.78 is 65.0. The maximum atomic E-state index is 11.8. The minimum absolute atomic E-state index is 0.215. The summed E-state index contributed by atoms with van der Waals surface area (Å²) in [5.41, 5.74) is 6.51. The Labute approximate surface area is 115 Å². The fourth-order valence-corrected chi connectivity index (χ4v) is 2.47. The van der Waals surface area contributed by atoms with E-state index in [1.165, 1.54) is 0 Å². The number of ether oxygens (including phenoxy) is 1. The molecule has 0 unspecified atom stereocenters. The number of nitrogens with one attached hydrogen (secondary N) is 1. The normalized spacial score (nSPS) is 12.6. The van der Waals surface area contributed by atoms with Gasteiger partial charge in [-0.25, -0.2) is 13.1 Å². The molecule has 0 radical (unpaired) electrons. The fraction of sp³-hybridized carbons (Fsp3) is 0.455. The Hall–Kier alpha value is -1.32. The van der Waals surface area contributed by atoms with Gasteiger partial charge in [-0.3, -0.25) is 0 Å². The molecule has 0 spiro atoms. The van der Waals surface area contributed by atoms with Gasteiger partial charge >= 0.3 is 6.18 Å². The maximum Gasteiger partial charge on any atom is 0.411 e. The van der Waals surface area contributed by atoms with E-state index in [2.05, 4.69) is 9.46 Å². The average Bonchev–Trinajstić information content (AvgIpc) is 2.30. The van der Waals surface area contributed by atoms with Crippen molar-refractivity contribution in [1.29, 1.82) is 0 Å². The molecule has 0 heterocycles. The molecule has 5 nitrogen and oxygen atoms in total. The summed E-state index contributed by atoms with van der Waals surface area (Å²) in [5.74, 6) is -0.271. The first-order valence-electron chi connectivity index (χ1n) is 5.64. The standard InChI is InChI=1S/C11H15F3N2O3S/c12-11(13,14)8-19-6-5-16-20(17,18)7-9-1-3-10(15)4-2-9/h1-4,16H,5-8,15H2. The molecular weight excluding hydrogens is 297 g/mol. The van der Waals surface area contributed by atoms with Crippen LogP contribution in [0.1, 0.15) is 5.56 Å². The van der Waals surface area contributed by atoms with Gasteiger partial charge in [-0.2, -0.15) is 13.2 Å². The third kappa shape index (κ3) is 7.31. The molecule has 0 bridgehead atoms. The van der Waals surface area contributed by atoms with Gasteiger partial charge in [0, 0.05) is 12.2 Å². The van der Waals surface area contributed by atoms with Gasteiger partial charge in [0.15, 0.2) is 0 Å². The predicted octanol–water partition coefficient (Wildman–Crippen LogP) is 1.27. The summed E-state index contributed by atoms with van der Waals surface area (Å²) in [6.45, 7) is -1.96. The first-order chi connectivity index (χ1) is 9.18. The lowest BCUT2D eigenvalue weighted by Crippen LogP contribution is -2.30. The summed E-state index contributed by atoms with van der Waals surface area (Å²) >= 11 is 0. The zero-order valence-electron chi connectivity index (χ0n) is 10.5. The summed E-state index contributed by atoms with van der Waals surface area (Å²) in [5, 5.41) is 0. The smallest absolute Gasteiger partial charge is 0.399 e. The highest BCUT2D eigenvalue weighted by Gasteiger charge is 2.27. The van der Waals surface area contributed by atoms with Gasteiger partial charge < -0.3 is 10.5 Å². The van der Waals surface area contributed by atoms with Crippen LogP contribution in [0.2, 0.25) is 0 Å². The zero-order chi connectivity index (χ0) is 15.2. The van der Waals surface area contributed by atoms with E-state index in [-0.39, 0.29) is 18.9 Å². The molecule has 0 atom stereocenters. The number of nitrogen functional groups attached to an aromatic ring is 1. The van der Waals surface area contributed by atoms with Crippen LogP contribution in [0.4, 0.5) is 18.9 Å². The van der Waals surface area contributed by atoms with Crippen LogP contribution in [0, 0.1) is 0 Å². The molecule has 0 aliphatic heterocycles. The molecule has 20 heavy (non-hydrogen) atoms. The van der Waals surface area contributed by atoms with Crippen molar-refractivity contribution in [3.63, 3.8) is 0 Å². The Balaban J connectivity index is 2.33. The van der Waals surface area contributed by atoms with Crippen LogP contribution in [-0.4, -0.2) is 34.4 Å². The van der Waals surface area contributed by atoms with Crippen LogP contribution in [0.25, 0.3) is 0 Å². The highest BCUT2D eigenvalue weighted by Crippen LogP contribution is 2.14. The highest BCUT2D eigenvalue weighted by molar-refractivity contribution is 7.88. The van der Waals surface area contributed by atoms with E-state index in [1.54, 1.807) is 24.3 Å². The number of sulfonamides is 1. The summed E-state index contributed by atoms with van der Waals surface area (Å²) in [6, 6.07) is 6.26. The Morgan fingerprint density at radius 3 is 2.35 bits per heavy atom. The van der Waals surface area contributed by atoms with Crippen molar-refractivity contribution in [2.24, 2.45) is 0 Å². The van der Waals surface area contributed by atoms with Gasteiger partial charge in [0.05, 0.1) is 12.4 Å². The van der Waals surface area contributed by atoms with Crippen LogP contribution in [0.5, 0.6) is 0 Å². The molecule has 3 N–H and O–H groups in total. The van der Waals surface area contributed by atoms with Crippen LogP contribution >= 0.6 is 0 Å². The molecule has 0 aliphatic rings. The second-order valence-corrected chi connectivity index (χ2v) is 5.87. The second kappa shape index (κ2) is 6.91. The highest BCUT2D eigenvalue weighted by atomic mass is 32.2. The molecule has 1 aromatic carbocycles. The van der Waals surface area contributed by atoms with Crippen molar-refractivity contribution in [3.8, 4) is 0 Å². The van der Waals surface area contributed by atoms with Crippen LogP contribution < -0.4 is 10.5 Å². The first-order valence-corrected chi connectivity index (χ1v) is 7.29. The van der Waals surface area contributed by atoms with Crippen LogP contribution in [0.15, 0.2) is 24.3 Å². The third-order valence-electron chi connectivity index (χ3n) is 2.17. The lowest BCUT2D eigenvalue weighted by atomic mass is 10.2. The number of rotatable bonds is 7. The second-order valence-electron chi connectivity index (χ2n) is 4.06. The lowest BCUT2D eigenvalue weighted by Gasteiger charge is -2.09. The van der Waals surface area contributed by atoms with E-state index >= 15 is 0 Å². The SMILES string of the molecule is Nc1ccc(CS(=O)(=O)NCCOCC(F)(F)F)cc1. The Morgan fingerprint density at radius 1 is 1.20 bits per heavy atom. The topological polar surface area (TPSA) is 81.4 Å². The monoisotopic (exact) mass is 312 g/mol. The lowest BCUT2D eigenvalue weighted by molar-refractivity contribution is -0.173. The molecule has 0 aromatic heterocycles. The fourth-order valence-electron chi connectivity index (χ4n) is 1.34. The molecular formula is C11H15F3N2O3S. The van der Waals surface area contributed by atoms with E-state index < -0.39 is 22.8 Å². The number of alkyl halides is 3. The van der Waals surface area contributed by atoms with Crippen molar-refractivity contribution >= 4 is 15.7 Å². The summed E-state index contributed by atoms with van der Waals surface area (Å²) in [6.07, 6.45) is -4.41. The summed E-state index contributed by atoms with van der Waals surface area (Å²) in [7, 11) is -3.62. The molecule has 0 fully saturated rings. The van der Waals surface area contributed by atoms with E-state index in [9.17, 15) is 21.6 Å². The van der Waals surface area contributed by atoms with Crippen molar-refractivity contribution in [3.05, 3.63) is 29.8 Å². The Kier molecular flexibility index (Phi) is 5.78. The van der Waals surface area contributed by atoms with E-state index in [1.807, 2.05) is 0 Å². The van der Waals surface area contributed by atoms with E-state index in [4.69, 9.17) is 5.73 Å². The molecule has 0 amide bonds. The van der Waals surface area contributed by atoms with Crippen LogP contribution in [0.3, 0.4) is 0 Å². The first kappa shape index (κ1) is 16.7. The van der Waals surface area contributed by atoms with Gasteiger partial charge in [-0.05, 0) is 17.7 Å². The molecule has 0 saturated heterocycles. The Bertz CT molecular complexity index is 515. The third-order valence-corrected chi connectivity index (χ3v) is 3.53. The molecule has 114 valence electrons. The average molecular weight is 312 g/mol.